The summed E-state index contributed by atoms with van der Waals surface area (Å²) in [6.07, 6.45) is 0.680. The summed E-state index contributed by atoms with van der Waals surface area (Å²) in [4.78, 5) is 29.6. The molecule has 0 atom stereocenters. The minimum Gasteiger partial charge on any atom is -0.282 e. The summed E-state index contributed by atoms with van der Waals surface area (Å²) in [7, 11) is 0. The molecule has 1 N–H and O–H groups in total. The summed E-state index contributed by atoms with van der Waals surface area (Å²) < 4.78 is 0. The molecule has 3 rings (SSSR count). The van der Waals surface area contributed by atoms with Crippen molar-refractivity contribution in [2.75, 3.05) is 12.3 Å². The highest BCUT2D eigenvalue weighted by molar-refractivity contribution is 7.99. The van der Waals surface area contributed by atoms with Crippen molar-refractivity contribution in [1.82, 2.24) is 20.1 Å². The monoisotopic (exact) mass is 308 g/mol. The van der Waals surface area contributed by atoms with Gasteiger partial charge in [-0.3, -0.25) is 19.6 Å². The van der Waals surface area contributed by atoms with Gasteiger partial charge in [0.1, 0.15) is 0 Å². The van der Waals surface area contributed by atoms with Crippen LogP contribution >= 0.6 is 23.1 Å². The lowest BCUT2D eigenvalue weighted by Gasteiger charge is -2.11. The summed E-state index contributed by atoms with van der Waals surface area (Å²) in [6, 6.07) is 3.93. The van der Waals surface area contributed by atoms with Gasteiger partial charge in [-0.15, -0.1) is 16.4 Å². The minimum atomic E-state index is -0.0788. The Morgan fingerprint density at radius 1 is 1.35 bits per heavy atom. The van der Waals surface area contributed by atoms with Crippen molar-refractivity contribution in [3.05, 3.63) is 17.5 Å². The first-order valence-electron chi connectivity index (χ1n) is 6.16. The molecule has 0 bridgehead atoms. The number of H-pyrrole nitrogens is 1. The van der Waals surface area contributed by atoms with Crippen LogP contribution in [0.3, 0.4) is 0 Å². The van der Waals surface area contributed by atoms with Crippen molar-refractivity contribution in [3.8, 4) is 10.7 Å². The maximum atomic E-state index is 11.4. The summed E-state index contributed by atoms with van der Waals surface area (Å²) >= 11 is 3.03. The lowest BCUT2D eigenvalue weighted by Crippen LogP contribution is -2.31. The van der Waals surface area contributed by atoms with Crippen LogP contribution < -0.4 is 0 Å². The topological polar surface area (TPSA) is 79.0 Å². The maximum Gasteiger partial charge on any atom is 0.229 e. The number of aromatic nitrogens is 3. The van der Waals surface area contributed by atoms with Crippen LogP contribution in [0.4, 0.5) is 0 Å². The third-order valence-corrected chi connectivity index (χ3v) is 4.62. The predicted molar refractivity (Wildman–Crippen MR) is 76.4 cm³/mol. The van der Waals surface area contributed by atoms with E-state index in [1.807, 2.05) is 17.5 Å². The molecule has 0 spiro atoms. The number of nitrogens with zero attached hydrogens (tertiary/aromatic N) is 3. The molecule has 1 aliphatic rings. The SMILES string of the molecule is O=C1CCC(=O)N1CCSc1n[nH]c(-c2cccs2)n1. The number of likely N-dealkylation sites (tertiary alicyclic amines) is 1. The van der Waals surface area contributed by atoms with Crippen LogP contribution in [0.5, 0.6) is 0 Å². The molecule has 0 aliphatic carbocycles. The molecule has 1 saturated heterocycles. The fraction of sp³-hybridized carbons (Fsp3) is 0.333. The predicted octanol–water partition coefficient (Wildman–Crippen LogP) is 1.77. The lowest BCUT2D eigenvalue weighted by molar-refractivity contribution is -0.137. The normalized spacial score (nSPS) is 15.3. The minimum absolute atomic E-state index is 0.0788. The van der Waals surface area contributed by atoms with E-state index in [1.165, 1.54) is 16.7 Å². The number of carbonyl (C=O) groups is 2. The molecular weight excluding hydrogens is 296 g/mol. The van der Waals surface area contributed by atoms with Crippen LogP contribution in [-0.2, 0) is 9.59 Å². The van der Waals surface area contributed by atoms with Gasteiger partial charge < -0.3 is 0 Å². The molecule has 3 heterocycles. The van der Waals surface area contributed by atoms with Gasteiger partial charge in [-0.25, -0.2) is 4.98 Å². The van der Waals surface area contributed by atoms with Crippen molar-refractivity contribution < 1.29 is 9.59 Å². The Morgan fingerprint density at radius 2 is 2.15 bits per heavy atom. The second-order valence-electron chi connectivity index (χ2n) is 4.23. The van der Waals surface area contributed by atoms with E-state index in [1.54, 1.807) is 11.3 Å². The molecule has 0 radical (unpaired) electrons. The van der Waals surface area contributed by atoms with E-state index in [4.69, 9.17) is 0 Å². The average molecular weight is 308 g/mol. The van der Waals surface area contributed by atoms with Crippen LogP contribution in [0.1, 0.15) is 12.8 Å². The number of nitrogens with one attached hydrogen (secondary N) is 1. The number of aromatic amines is 1. The van der Waals surface area contributed by atoms with Gasteiger partial charge in [-0.2, -0.15) is 0 Å². The van der Waals surface area contributed by atoms with Gasteiger partial charge in [-0.05, 0) is 11.4 Å². The number of carbonyl (C=O) groups excluding carboxylic acids is 2. The van der Waals surface area contributed by atoms with E-state index in [2.05, 4.69) is 15.2 Å². The van der Waals surface area contributed by atoms with Crippen LogP contribution in [0.25, 0.3) is 10.7 Å². The highest BCUT2D eigenvalue weighted by Gasteiger charge is 2.28. The molecule has 104 valence electrons. The van der Waals surface area contributed by atoms with Crippen molar-refractivity contribution in [2.24, 2.45) is 0 Å². The van der Waals surface area contributed by atoms with Gasteiger partial charge in [0.2, 0.25) is 17.0 Å². The standard InChI is InChI=1S/C12H12N4O2S2/c17-9-3-4-10(18)16(9)5-7-20-12-13-11(14-15-12)8-2-1-6-19-8/h1-2,6H,3-5,7H2,(H,13,14,15). The van der Waals surface area contributed by atoms with Crippen molar-refractivity contribution in [3.63, 3.8) is 0 Å². The zero-order valence-electron chi connectivity index (χ0n) is 10.5. The number of thioether (sulfide) groups is 1. The van der Waals surface area contributed by atoms with Crippen LogP contribution in [-0.4, -0.2) is 44.2 Å². The Kier molecular flexibility index (Phi) is 3.83. The van der Waals surface area contributed by atoms with Crippen molar-refractivity contribution in [2.45, 2.75) is 18.0 Å². The summed E-state index contributed by atoms with van der Waals surface area (Å²) in [6.45, 7) is 0.422. The first-order chi connectivity index (χ1) is 9.74. The van der Waals surface area contributed by atoms with Crippen LogP contribution in [0, 0.1) is 0 Å². The largest absolute Gasteiger partial charge is 0.282 e. The molecule has 1 aliphatic heterocycles. The third-order valence-electron chi connectivity index (χ3n) is 2.92. The number of hydrogen-bond donors (Lipinski definition) is 1. The van der Waals surface area contributed by atoms with E-state index in [0.717, 1.165) is 10.7 Å². The Balaban J connectivity index is 1.54. The summed E-state index contributed by atoms with van der Waals surface area (Å²) in [5, 5.41) is 9.62. The number of rotatable bonds is 5. The second-order valence-corrected chi connectivity index (χ2v) is 6.24. The molecule has 0 aromatic carbocycles. The molecular formula is C12H12N4O2S2. The second kappa shape index (κ2) is 5.76. The molecule has 0 saturated carbocycles. The molecule has 1 fully saturated rings. The third kappa shape index (κ3) is 2.75. The number of thiophene rings is 1. The van der Waals surface area contributed by atoms with Crippen LogP contribution in [0.2, 0.25) is 0 Å². The Labute approximate surface area is 123 Å². The zero-order chi connectivity index (χ0) is 13.9. The quantitative estimate of drug-likeness (QED) is 0.673. The fourth-order valence-corrected chi connectivity index (χ4v) is 3.32. The van der Waals surface area contributed by atoms with Crippen LogP contribution in [0.15, 0.2) is 22.7 Å². The molecule has 8 heteroatoms. The first-order valence-corrected chi connectivity index (χ1v) is 8.03. The summed E-state index contributed by atoms with van der Waals surface area (Å²) in [5.74, 6) is 1.20. The Hall–Kier alpha value is -1.67. The van der Waals surface area contributed by atoms with E-state index in [0.29, 0.717) is 30.3 Å². The van der Waals surface area contributed by atoms with Gasteiger partial charge in [-0.1, -0.05) is 17.8 Å². The lowest BCUT2D eigenvalue weighted by atomic mass is 10.4. The molecule has 2 amide bonds. The smallest absolute Gasteiger partial charge is 0.229 e. The Morgan fingerprint density at radius 3 is 2.85 bits per heavy atom. The summed E-state index contributed by atoms with van der Waals surface area (Å²) in [5.41, 5.74) is 0. The molecule has 6 nitrogen and oxygen atoms in total. The van der Waals surface area contributed by atoms with Crippen molar-refractivity contribution in [1.29, 1.82) is 0 Å². The van der Waals surface area contributed by atoms with E-state index >= 15 is 0 Å². The van der Waals surface area contributed by atoms with Gasteiger partial charge >= 0.3 is 0 Å². The molecule has 20 heavy (non-hydrogen) atoms. The number of amides is 2. The van der Waals surface area contributed by atoms with E-state index in [9.17, 15) is 9.59 Å². The highest BCUT2D eigenvalue weighted by atomic mass is 32.2. The van der Waals surface area contributed by atoms with Gasteiger partial charge in [0, 0.05) is 25.1 Å². The first kappa shape index (κ1) is 13.3. The van der Waals surface area contributed by atoms with Gasteiger partial charge in [0.05, 0.1) is 4.88 Å². The Bertz CT molecular complexity index is 607. The fourth-order valence-electron chi connectivity index (χ4n) is 1.93. The average Bonchev–Trinajstić information content (AvgIpc) is 3.14. The molecule has 0 unspecified atom stereocenters. The van der Waals surface area contributed by atoms with Crippen molar-refractivity contribution >= 4 is 34.9 Å². The maximum absolute atomic E-state index is 11.4. The molecule has 2 aromatic rings. The van der Waals surface area contributed by atoms with Gasteiger partial charge in [0.15, 0.2) is 5.82 Å². The molecule has 2 aromatic heterocycles. The number of hydrogen-bond acceptors (Lipinski definition) is 6. The highest BCUT2D eigenvalue weighted by Crippen LogP contribution is 2.23. The van der Waals surface area contributed by atoms with Gasteiger partial charge in [0.25, 0.3) is 0 Å². The van der Waals surface area contributed by atoms with E-state index in [-0.39, 0.29) is 11.8 Å². The zero-order valence-corrected chi connectivity index (χ0v) is 12.2. The van der Waals surface area contributed by atoms with E-state index < -0.39 is 0 Å². The number of imide groups is 1.